The van der Waals surface area contributed by atoms with E-state index in [2.05, 4.69) is 11.4 Å². The molecule has 2 aromatic rings. The summed E-state index contributed by atoms with van der Waals surface area (Å²) in [7, 11) is 0. The van der Waals surface area contributed by atoms with Crippen LogP contribution in [0.4, 0.5) is 0 Å². The second kappa shape index (κ2) is 7.79. The summed E-state index contributed by atoms with van der Waals surface area (Å²) in [5.41, 5.74) is 3.35. The molecule has 0 fully saturated rings. The zero-order valence-corrected chi connectivity index (χ0v) is 14.2. The first-order valence-electron chi connectivity index (χ1n) is 8.11. The molecule has 1 aliphatic heterocycles. The number of aliphatic hydroxyl groups excluding tert-OH is 1. The highest BCUT2D eigenvalue weighted by atomic mass is 35.5. The van der Waals surface area contributed by atoms with Crippen LogP contribution in [0.5, 0.6) is 0 Å². The quantitative estimate of drug-likeness (QED) is 0.876. The van der Waals surface area contributed by atoms with E-state index in [0.29, 0.717) is 11.6 Å². The molecule has 126 valence electrons. The number of hydrogen-bond acceptors (Lipinski definition) is 3. The molecule has 2 N–H and O–H groups in total. The number of nitrogens with zero attached hydrogens (tertiary/aromatic N) is 1. The molecule has 0 bridgehead atoms. The molecule has 1 aliphatic rings. The first-order valence-corrected chi connectivity index (χ1v) is 8.49. The lowest BCUT2D eigenvalue weighted by atomic mass is 9.93. The number of amides is 1. The molecule has 3 rings (SSSR count). The fourth-order valence-corrected chi connectivity index (χ4v) is 3.41. The predicted octanol–water partition coefficient (Wildman–Crippen LogP) is 2.55. The van der Waals surface area contributed by atoms with Gasteiger partial charge in [0.05, 0.1) is 19.2 Å². The predicted molar refractivity (Wildman–Crippen MR) is 94.8 cm³/mol. The molecule has 1 heterocycles. The molecule has 0 aromatic heterocycles. The fraction of sp³-hybridized carbons (Fsp3) is 0.316. The second-order valence-corrected chi connectivity index (χ2v) is 6.46. The van der Waals surface area contributed by atoms with Crippen molar-refractivity contribution in [1.82, 2.24) is 10.2 Å². The van der Waals surface area contributed by atoms with Gasteiger partial charge >= 0.3 is 0 Å². The molecular formula is C19H21ClN2O2. The number of carbonyl (C=O) groups excluding carboxylic acids is 1. The van der Waals surface area contributed by atoms with E-state index in [9.17, 15) is 9.90 Å². The Bertz CT molecular complexity index is 720. The Balaban J connectivity index is 1.60. The van der Waals surface area contributed by atoms with Crippen molar-refractivity contribution < 1.29 is 9.90 Å². The summed E-state index contributed by atoms with van der Waals surface area (Å²) >= 11 is 5.95. The largest absolute Gasteiger partial charge is 0.394 e. The van der Waals surface area contributed by atoms with E-state index in [-0.39, 0.29) is 25.1 Å². The molecule has 1 unspecified atom stereocenters. The summed E-state index contributed by atoms with van der Waals surface area (Å²) in [6.45, 7) is 1.51. The van der Waals surface area contributed by atoms with E-state index in [1.807, 2.05) is 47.4 Å². The zero-order valence-electron chi connectivity index (χ0n) is 13.4. The van der Waals surface area contributed by atoms with Gasteiger partial charge in [-0.1, -0.05) is 48.0 Å². The highest BCUT2D eigenvalue weighted by molar-refractivity contribution is 6.30. The first kappa shape index (κ1) is 17.0. The third-order valence-electron chi connectivity index (χ3n) is 4.42. The fourth-order valence-electron chi connectivity index (χ4n) is 3.19. The molecule has 0 aliphatic carbocycles. The Labute approximate surface area is 147 Å². The van der Waals surface area contributed by atoms with Crippen LogP contribution in [0.1, 0.15) is 22.7 Å². The topological polar surface area (TPSA) is 52.6 Å². The number of benzene rings is 2. The Kier molecular flexibility index (Phi) is 5.51. The van der Waals surface area contributed by atoms with Crippen molar-refractivity contribution in [3.63, 3.8) is 0 Å². The molecule has 0 radical (unpaired) electrons. The lowest BCUT2D eigenvalue weighted by molar-refractivity contribution is -0.123. The lowest BCUT2D eigenvalue weighted by Gasteiger charge is -2.35. The standard InChI is InChI=1S/C19H21ClN2O2/c20-16-6-3-4-14(10-16)11-21-19(24)12-22-9-8-15-5-1-2-7-17(15)18(22)13-23/h1-7,10,18,23H,8-9,11-13H2,(H,21,24). The maximum Gasteiger partial charge on any atom is 0.234 e. The van der Waals surface area contributed by atoms with Crippen LogP contribution in [-0.2, 0) is 17.8 Å². The maximum absolute atomic E-state index is 12.3. The number of rotatable bonds is 5. The molecule has 1 atom stereocenters. The number of hydrogen-bond donors (Lipinski definition) is 2. The van der Waals surface area contributed by atoms with Crippen molar-refractivity contribution >= 4 is 17.5 Å². The van der Waals surface area contributed by atoms with Crippen molar-refractivity contribution in [2.45, 2.75) is 19.0 Å². The average molecular weight is 345 g/mol. The maximum atomic E-state index is 12.3. The normalized spacial score (nSPS) is 17.3. The van der Waals surface area contributed by atoms with E-state index in [4.69, 9.17) is 11.6 Å². The van der Waals surface area contributed by atoms with Crippen LogP contribution in [0.25, 0.3) is 0 Å². The average Bonchev–Trinajstić information content (AvgIpc) is 2.60. The van der Waals surface area contributed by atoms with Gasteiger partial charge < -0.3 is 10.4 Å². The monoisotopic (exact) mass is 344 g/mol. The second-order valence-electron chi connectivity index (χ2n) is 6.02. The highest BCUT2D eigenvalue weighted by Gasteiger charge is 2.27. The Morgan fingerprint density at radius 3 is 2.88 bits per heavy atom. The van der Waals surface area contributed by atoms with Gasteiger partial charge in [0, 0.05) is 18.1 Å². The van der Waals surface area contributed by atoms with Crippen molar-refractivity contribution in [2.75, 3.05) is 19.7 Å². The van der Waals surface area contributed by atoms with E-state index in [1.54, 1.807) is 0 Å². The molecule has 0 saturated heterocycles. The number of fused-ring (bicyclic) bond motifs is 1. The number of halogens is 1. The Hall–Kier alpha value is -1.88. The van der Waals surface area contributed by atoms with Crippen LogP contribution in [-0.4, -0.2) is 35.6 Å². The van der Waals surface area contributed by atoms with Gasteiger partial charge in [0.2, 0.25) is 5.91 Å². The number of aliphatic hydroxyl groups is 1. The summed E-state index contributed by atoms with van der Waals surface area (Å²) in [5.74, 6) is -0.0483. The highest BCUT2D eigenvalue weighted by Crippen LogP contribution is 2.28. The summed E-state index contributed by atoms with van der Waals surface area (Å²) in [6.07, 6.45) is 0.897. The van der Waals surface area contributed by atoms with Crippen LogP contribution in [0.15, 0.2) is 48.5 Å². The van der Waals surface area contributed by atoms with Crippen LogP contribution < -0.4 is 5.32 Å². The molecule has 1 amide bonds. The third-order valence-corrected chi connectivity index (χ3v) is 4.66. The summed E-state index contributed by atoms with van der Waals surface area (Å²) in [5, 5.41) is 13.4. The van der Waals surface area contributed by atoms with Gasteiger partial charge in [-0.25, -0.2) is 0 Å². The van der Waals surface area contributed by atoms with E-state index in [1.165, 1.54) is 5.56 Å². The minimum atomic E-state index is -0.119. The summed E-state index contributed by atoms with van der Waals surface area (Å²) < 4.78 is 0. The van der Waals surface area contributed by atoms with Gasteiger partial charge in [-0.15, -0.1) is 0 Å². The number of carbonyl (C=O) groups is 1. The summed E-state index contributed by atoms with van der Waals surface area (Å²) in [6, 6.07) is 15.4. The SMILES string of the molecule is O=C(CN1CCc2ccccc2C1CO)NCc1cccc(Cl)c1. The van der Waals surface area contributed by atoms with Gasteiger partial charge in [-0.2, -0.15) is 0 Å². The van der Waals surface area contributed by atoms with Crippen LogP contribution >= 0.6 is 11.6 Å². The lowest BCUT2D eigenvalue weighted by Crippen LogP contribution is -2.43. The minimum Gasteiger partial charge on any atom is -0.394 e. The van der Waals surface area contributed by atoms with Crippen molar-refractivity contribution in [1.29, 1.82) is 0 Å². The van der Waals surface area contributed by atoms with Gasteiger partial charge in [0.1, 0.15) is 0 Å². The van der Waals surface area contributed by atoms with Gasteiger partial charge in [-0.3, -0.25) is 9.69 Å². The molecule has 4 nitrogen and oxygen atoms in total. The van der Waals surface area contributed by atoms with Gasteiger partial charge in [-0.05, 0) is 35.2 Å². The molecule has 0 saturated carbocycles. The molecule has 0 spiro atoms. The third kappa shape index (κ3) is 3.96. The van der Waals surface area contributed by atoms with Crippen LogP contribution in [0.2, 0.25) is 5.02 Å². The van der Waals surface area contributed by atoms with E-state index >= 15 is 0 Å². The van der Waals surface area contributed by atoms with E-state index in [0.717, 1.165) is 24.1 Å². The van der Waals surface area contributed by atoms with Gasteiger partial charge in [0.15, 0.2) is 0 Å². The minimum absolute atomic E-state index is 0.0125. The molecular weight excluding hydrogens is 324 g/mol. The first-order chi connectivity index (χ1) is 11.7. The Morgan fingerprint density at radius 1 is 1.25 bits per heavy atom. The van der Waals surface area contributed by atoms with Crippen molar-refractivity contribution in [3.8, 4) is 0 Å². The van der Waals surface area contributed by atoms with Crippen LogP contribution in [0, 0.1) is 0 Å². The summed E-state index contributed by atoms with van der Waals surface area (Å²) in [4.78, 5) is 14.3. The zero-order chi connectivity index (χ0) is 16.9. The molecule has 24 heavy (non-hydrogen) atoms. The van der Waals surface area contributed by atoms with E-state index < -0.39 is 0 Å². The Morgan fingerprint density at radius 2 is 2.08 bits per heavy atom. The molecule has 5 heteroatoms. The van der Waals surface area contributed by atoms with Crippen molar-refractivity contribution in [2.24, 2.45) is 0 Å². The molecule has 2 aromatic carbocycles. The van der Waals surface area contributed by atoms with Crippen molar-refractivity contribution in [3.05, 3.63) is 70.2 Å². The smallest absolute Gasteiger partial charge is 0.234 e. The van der Waals surface area contributed by atoms with Crippen LogP contribution in [0.3, 0.4) is 0 Å². The number of nitrogens with one attached hydrogen (secondary N) is 1. The van der Waals surface area contributed by atoms with Gasteiger partial charge in [0.25, 0.3) is 0 Å².